The van der Waals surface area contributed by atoms with Gasteiger partial charge in [0.25, 0.3) is 5.89 Å². The zero-order valence-electron chi connectivity index (χ0n) is 16.9. The Hall–Kier alpha value is -3.45. The molecule has 0 bridgehead atoms. The second kappa shape index (κ2) is 7.76. The topological polar surface area (TPSA) is 75.2 Å². The van der Waals surface area contributed by atoms with Gasteiger partial charge in [0.05, 0.1) is 25.5 Å². The van der Waals surface area contributed by atoms with Crippen LogP contribution in [0.2, 0.25) is 0 Å². The molecule has 0 fully saturated rings. The van der Waals surface area contributed by atoms with Crippen LogP contribution in [0.3, 0.4) is 0 Å². The number of nitrogens with zero attached hydrogens (tertiary/aromatic N) is 4. The molecule has 1 aliphatic heterocycles. The number of ether oxygens (including phenoxy) is 2. The van der Waals surface area contributed by atoms with Gasteiger partial charge in [-0.25, -0.2) is 0 Å². The summed E-state index contributed by atoms with van der Waals surface area (Å²) < 4.78 is 19.0. The fraction of sp³-hybridized carbons (Fsp3) is 0.261. The first-order valence-corrected chi connectivity index (χ1v) is 10.0. The highest BCUT2D eigenvalue weighted by Crippen LogP contribution is 2.30. The van der Waals surface area contributed by atoms with Crippen LogP contribution in [0.25, 0.3) is 23.0 Å². The number of fused-ring (bicyclic) bond motifs is 1. The van der Waals surface area contributed by atoms with Gasteiger partial charge in [0.15, 0.2) is 5.69 Å². The molecule has 7 heteroatoms. The zero-order valence-corrected chi connectivity index (χ0v) is 16.9. The lowest BCUT2D eigenvalue weighted by molar-refractivity contribution is -0.00115. The van der Waals surface area contributed by atoms with Crippen molar-refractivity contribution in [3.05, 3.63) is 71.4 Å². The van der Waals surface area contributed by atoms with Gasteiger partial charge in [0.2, 0.25) is 5.82 Å². The quantitative estimate of drug-likeness (QED) is 0.486. The van der Waals surface area contributed by atoms with Crippen LogP contribution in [0, 0.1) is 6.92 Å². The average molecular weight is 402 g/mol. The molecule has 152 valence electrons. The third kappa shape index (κ3) is 3.59. The number of aryl methyl sites for hydroxylation is 1. The van der Waals surface area contributed by atoms with E-state index in [0.717, 1.165) is 22.6 Å². The van der Waals surface area contributed by atoms with E-state index in [0.29, 0.717) is 37.2 Å². The predicted octanol–water partition coefficient (Wildman–Crippen LogP) is 4.58. The summed E-state index contributed by atoms with van der Waals surface area (Å²) in [5.74, 6) is 1.82. The van der Waals surface area contributed by atoms with Gasteiger partial charge in [0, 0.05) is 5.56 Å². The number of benzene rings is 2. The Morgan fingerprint density at radius 2 is 1.90 bits per heavy atom. The molecule has 2 aromatic carbocycles. The lowest BCUT2D eigenvalue weighted by Gasteiger charge is -2.24. The smallest absolute Gasteiger partial charge is 0.278 e. The van der Waals surface area contributed by atoms with E-state index in [9.17, 15) is 0 Å². The first-order chi connectivity index (χ1) is 14.7. The van der Waals surface area contributed by atoms with Crippen LogP contribution < -0.4 is 4.74 Å². The first-order valence-electron chi connectivity index (χ1n) is 10.0. The molecule has 2 aromatic heterocycles. The normalized spacial score (nSPS) is 15.7. The van der Waals surface area contributed by atoms with Crippen molar-refractivity contribution in [3.8, 4) is 28.7 Å². The van der Waals surface area contributed by atoms with Gasteiger partial charge < -0.3 is 14.0 Å². The summed E-state index contributed by atoms with van der Waals surface area (Å²) in [4.78, 5) is 4.52. The van der Waals surface area contributed by atoms with E-state index in [1.165, 1.54) is 5.56 Å². The number of aromatic nitrogens is 4. The molecule has 7 nitrogen and oxygen atoms in total. The molecular formula is C23H22N4O3. The van der Waals surface area contributed by atoms with Gasteiger partial charge in [0.1, 0.15) is 11.9 Å². The molecule has 1 aliphatic rings. The molecule has 5 rings (SSSR count). The van der Waals surface area contributed by atoms with Crippen LogP contribution in [-0.4, -0.2) is 26.5 Å². The molecule has 4 aromatic rings. The minimum Gasteiger partial charge on any atom is -0.494 e. The van der Waals surface area contributed by atoms with Gasteiger partial charge in [-0.1, -0.05) is 47.1 Å². The molecular weight excluding hydrogens is 380 g/mol. The van der Waals surface area contributed by atoms with E-state index in [1.54, 1.807) is 0 Å². The van der Waals surface area contributed by atoms with Gasteiger partial charge in [-0.15, -0.1) is 0 Å². The second-order valence-corrected chi connectivity index (χ2v) is 7.29. The Kier molecular flexibility index (Phi) is 4.80. The molecule has 30 heavy (non-hydrogen) atoms. The SMILES string of the molecule is CCOc1ccc(C2Cn3nc(-c4nc(-c5ccc(C)cc5)no4)cc3CO2)cc1. The Labute approximate surface area is 174 Å². The Balaban J connectivity index is 1.34. The van der Waals surface area contributed by atoms with Crippen LogP contribution in [-0.2, 0) is 17.9 Å². The van der Waals surface area contributed by atoms with Crippen molar-refractivity contribution in [1.82, 2.24) is 19.9 Å². The molecule has 0 saturated heterocycles. The van der Waals surface area contributed by atoms with Crippen molar-refractivity contribution in [2.24, 2.45) is 0 Å². The molecule has 3 heterocycles. The highest BCUT2D eigenvalue weighted by Gasteiger charge is 2.24. The first kappa shape index (κ1) is 18.6. The van der Waals surface area contributed by atoms with E-state index < -0.39 is 0 Å². The average Bonchev–Trinajstić information content (AvgIpc) is 3.42. The number of hydrogen-bond acceptors (Lipinski definition) is 6. The summed E-state index contributed by atoms with van der Waals surface area (Å²) in [6.07, 6.45) is -0.0632. The van der Waals surface area contributed by atoms with Crippen LogP contribution >= 0.6 is 0 Å². The standard InChI is InChI=1S/C23H22N4O3/c1-3-28-19-10-8-16(9-11-19)21-13-27-18(14-29-21)12-20(25-27)23-24-22(26-30-23)17-6-4-15(2)5-7-17/h4-12,21H,3,13-14H2,1-2H3. The van der Waals surface area contributed by atoms with Crippen molar-refractivity contribution >= 4 is 0 Å². The molecule has 0 aliphatic carbocycles. The minimum absolute atomic E-state index is 0.0632. The van der Waals surface area contributed by atoms with Crippen LogP contribution in [0.1, 0.15) is 29.8 Å². The van der Waals surface area contributed by atoms with Gasteiger partial charge >= 0.3 is 0 Å². The highest BCUT2D eigenvalue weighted by atomic mass is 16.5. The Bertz CT molecular complexity index is 1150. The number of rotatable bonds is 5. The summed E-state index contributed by atoms with van der Waals surface area (Å²) in [6.45, 7) is 5.78. The summed E-state index contributed by atoms with van der Waals surface area (Å²) >= 11 is 0. The summed E-state index contributed by atoms with van der Waals surface area (Å²) in [7, 11) is 0. The molecule has 0 amide bonds. The number of hydrogen-bond donors (Lipinski definition) is 0. The molecule has 0 N–H and O–H groups in total. The largest absolute Gasteiger partial charge is 0.494 e. The van der Waals surface area contributed by atoms with Crippen molar-refractivity contribution in [3.63, 3.8) is 0 Å². The fourth-order valence-corrected chi connectivity index (χ4v) is 3.52. The Morgan fingerprint density at radius 1 is 1.10 bits per heavy atom. The van der Waals surface area contributed by atoms with Gasteiger partial charge in [-0.05, 0) is 37.6 Å². The van der Waals surface area contributed by atoms with E-state index in [-0.39, 0.29) is 6.10 Å². The highest BCUT2D eigenvalue weighted by molar-refractivity contribution is 5.58. The second-order valence-electron chi connectivity index (χ2n) is 7.29. The lowest BCUT2D eigenvalue weighted by atomic mass is 10.1. The summed E-state index contributed by atoms with van der Waals surface area (Å²) in [5.41, 5.74) is 4.85. The minimum atomic E-state index is -0.0632. The van der Waals surface area contributed by atoms with Crippen LogP contribution in [0.15, 0.2) is 59.1 Å². The van der Waals surface area contributed by atoms with E-state index >= 15 is 0 Å². The van der Waals surface area contributed by atoms with Crippen LogP contribution in [0.5, 0.6) is 5.75 Å². The van der Waals surface area contributed by atoms with E-state index in [2.05, 4.69) is 15.2 Å². The van der Waals surface area contributed by atoms with Gasteiger partial charge in [-0.3, -0.25) is 4.68 Å². The van der Waals surface area contributed by atoms with Crippen molar-refractivity contribution in [2.75, 3.05) is 6.61 Å². The maximum atomic E-state index is 6.06. The molecule has 1 atom stereocenters. The predicted molar refractivity (Wildman–Crippen MR) is 111 cm³/mol. The molecule has 0 saturated carbocycles. The maximum Gasteiger partial charge on any atom is 0.278 e. The van der Waals surface area contributed by atoms with Crippen LogP contribution in [0.4, 0.5) is 0 Å². The molecule has 0 radical (unpaired) electrons. The maximum absolute atomic E-state index is 6.06. The zero-order chi connectivity index (χ0) is 20.5. The summed E-state index contributed by atoms with van der Waals surface area (Å²) in [6, 6.07) is 18.0. The Morgan fingerprint density at radius 3 is 2.67 bits per heavy atom. The lowest BCUT2D eigenvalue weighted by Crippen LogP contribution is -2.21. The molecule has 1 unspecified atom stereocenters. The monoisotopic (exact) mass is 402 g/mol. The summed E-state index contributed by atoms with van der Waals surface area (Å²) in [5, 5.41) is 8.79. The third-order valence-electron chi connectivity index (χ3n) is 5.15. The van der Waals surface area contributed by atoms with Crippen molar-refractivity contribution < 1.29 is 14.0 Å². The van der Waals surface area contributed by atoms with Crippen molar-refractivity contribution in [1.29, 1.82) is 0 Å². The fourth-order valence-electron chi connectivity index (χ4n) is 3.52. The van der Waals surface area contributed by atoms with E-state index in [1.807, 2.05) is 73.1 Å². The van der Waals surface area contributed by atoms with Gasteiger partial charge in [-0.2, -0.15) is 10.1 Å². The van der Waals surface area contributed by atoms with E-state index in [4.69, 9.17) is 14.0 Å². The van der Waals surface area contributed by atoms with Crippen molar-refractivity contribution in [2.45, 2.75) is 33.1 Å². The third-order valence-corrected chi connectivity index (χ3v) is 5.15. The molecule has 0 spiro atoms.